The van der Waals surface area contributed by atoms with E-state index in [1.54, 1.807) is 24.3 Å². The molecule has 0 saturated heterocycles. The van der Waals surface area contributed by atoms with Crippen LogP contribution in [-0.4, -0.2) is 33.1 Å². The Morgan fingerprint density at radius 1 is 1.12 bits per heavy atom. The first-order chi connectivity index (χ1) is 11.8. The Bertz CT molecular complexity index is 819. The maximum Gasteiger partial charge on any atom is 0.303 e. The van der Waals surface area contributed by atoms with Gasteiger partial charge in [0.25, 0.3) is 10.0 Å². The molecule has 0 aliphatic rings. The molecular weight excluding hydrogens is 366 g/mol. The van der Waals surface area contributed by atoms with Crippen molar-refractivity contribution in [3.63, 3.8) is 0 Å². The average Bonchev–Trinajstić information content (AvgIpc) is 2.59. The van der Waals surface area contributed by atoms with Gasteiger partial charge in [0.2, 0.25) is 0 Å². The highest BCUT2D eigenvalue weighted by atomic mass is 35.5. The Balaban J connectivity index is 2.37. The van der Waals surface area contributed by atoms with E-state index in [1.807, 2.05) is 0 Å². The Hall–Kier alpha value is -2.25. The van der Waals surface area contributed by atoms with Crippen molar-refractivity contribution >= 4 is 33.3 Å². The summed E-state index contributed by atoms with van der Waals surface area (Å²) >= 11 is 5.82. The van der Waals surface area contributed by atoms with Crippen LogP contribution in [0.15, 0.2) is 53.4 Å². The maximum atomic E-state index is 13.0. The molecule has 134 valence electrons. The predicted octanol–water partition coefficient (Wildman–Crippen LogP) is 3.41. The summed E-state index contributed by atoms with van der Waals surface area (Å²) in [5, 5.41) is 9.25. The molecule has 0 atom stereocenters. The van der Waals surface area contributed by atoms with Crippen molar-refractivity contribution in [1.82, 2.24) is 0 Å². The first kappa shape index (κ1) is 19.1. The van der Waals surface area contributed by atoms with E-state index in [0.29, 0.717) is 16.5 Å². The summed E-state index contributed by atoms with van der Waals surface area (Å²) in [7, 11) is -2.33. The third-order valence-electron chi connectivity index (χ3n) is 3.51. The highest BCUT2D eigenvalue weighted by Crippen LogP contribution is 2.27. The molecule has 2 aromatic carbocycles. The van der Waals surface area contributed by atoms with Gasteiger partial charge in [0.05, 0.1) is 17.7 Å². The molecule has 0 aromatic heterocycles. The van der Waals surface area contributed by atoms with Gasteiger partial charge in [-0.05, 0) is 55.0 Å². The fraction of sp³-hybridized carbons (Fsp3) is 0.235. The van der Waals surface area contributed by atoms with Gasteiger partial charge in [-0.25, -0.2) is 8.42 Å². The fourth-order valence-corrected chi connectivity index (χ4v) is 3.87. The second-order valence-electron chi connectivity index (χ2n) is 5.23. The number of anilines is 1. The number of hydrogen-bond donors (Lipinski definition) is 1. The molecule has 0 radical (unpaired) electrons. The molecule has 0 aliphatic carbocycles. The number of ether oxygens (including phenoxy) is 1. The fourth-order valence-electron chi connectivity index (χ4n) is 2.24. The Morgan fingerprint density at radius 3 is 2.24 bits per heavy atom. The van der Waals surface area contributed by atoms with Crippen LogP contribution < -0.4 is 9.04 Å². The van der Waals surface area contributed by atoms with Gasteiger partial charge < -0.3 is 9.84 Å². The van der Waals surface area contributed by atoms with E-state index in [9.17, 15) is 13.2 Å². The molecule has 1 N–H and O–H groups in total. The van der Waals surface area contributed by atoms with Crippen molar-refractivity contribution in [2.45, 2.75) is 17.7 Å². The van der Waals surface area contributed by atoms with Crippen LogP contribution in [0.3, 0.4) is 0 Å². The van der Waals surface area contributed by atoms with E-state index in [2.05, 4.69) is 0 Å². The predicted molar refractivity (Wildman–Crippen MR) is 95.8 cm³/mol. The second-order valence-corrected chi connectivity index (χ2v) is 7.53. The lowest BCUT2D eigenvalue weighted by Crippen LogP contribution is -2.32. The highest BCUT2D eigenvalue weighted by molar-refractivity contribution is 7.92. The molecule has 2 rings (SSSR count). The van der Waals surface area contributed by atoms with Gasteiger partial charge in [-0.2, -0.15) is 0 Å². The zero-order chi connectivity index (χ0) is 18.4. The third kappa shape index (κ3) is 4.87. The lowest BCUT2D eigenvalue weighted by molar-refractivity contribution is -0.137. The number of carboxylic acids is 1. The van der Waals surface area contributed by atoms with Crippen LogP contribution in [0.1, 0.15) is 12.8 Å². The summed E-state index contributed by atoms with van der Waals surface area (Å²) in [5.74, 6) is -0.378. The van der Waals surface area contributed by atoms with Gasteiger partial charge in [0.1, 0.15) is 5.75 Å². The Labute approximate surface area is 151 Å². The number of aliphatic carboxylic acids is 1. The Kier molecular flexibility index (Phi) is 6.27. The van der Waals surface area contributed by atoms with Crippen LogP contribution in [0.4, 0.5) is 5.69 Å². The molecule has 0 heterocycles. The third-order valence-corrected chi connectivity index (χ3v) is 5.61. The summed E-state index contributed by atoms with van der Waals surface area (Å²) in [6, 6.07) is 12.4. The van der Waals surface area contributed by atoms with E-state index in [4.69, 9.17) is 21.4 Å². The average molecular weight is 384 g/mol. The van der Waals surface area contributed by atoms with E-state index in [1.165, 1.54) is 35.7 Å². The SMILES string of the molecule is COc1ccc(N(CCCC(=O)O)S(=O)(=O)c2ccc(Cl)cc2)cc1. The number of carboxylic acid groups (broad SMARTS) is 1. The first-order valence-corrected chi connectivity index (χ1v) is 9.30. The number of nitrogens with zero attached hydrogens (tertiary/aromatic N) is 1. The van der Waals surface area contributed by atoms with E-state index in [-0.39, 0.29) is 24.3 Å². The molecule has 6 nitrogen and oxygen atoms in total. The number of benzene rings is 2. The van der Waals surface area contributed by atoms with Crippen molar-refractivity contribution in [1.29, 1.82) is 0 Å². The molecule has 2 aromatic rings. The second kappa shape index (κ2) is 8.22. The number of hydrogen-bond acceptors (Lipinski definition) is 4. The van der Waals surface area contributed by atoms with Crippen molar-refractivity contribution < 1.29 is 23.1 Å². The topological polar surface area (TPSA) is 83.9 Å². The van der Waals surface area contributed by atoms with Gasteiger partial charge >= 0.3 is 5.97 Å². The maximum absolute atomic E-state index is 13.0. The van der Waals surface area contributed by atoms with E-state index >= 15 is 0 Å². The zero-order valence-electron chi connectivity index (χ0n) is 13.6. The van der Waals surface area contributed by atoms with Crippen LogP contribution in [0.5, 0.6) is 5.75 Å². The molecule has 0 saturated carbocycles. The molecular formula is C17H18ClNO5S. The monoisotopic (exact) mass is 383 g/mol. The molecule has 0 amide bonds. The highest BCUT2D eigenvalue weighted by Gasteiger charge is 2.25. The quantitative estimate of drug-likeness (QED) is 0.755. The molecule has 25 heavy (non-hydrogen) atoms. The van der Waals surface area contributed by atoms with Crippen molar-refractivity contribution in [2.24, 2.45) is 0 Å². The summed E-state index contributed by atoms with van der Waals surface area (Å²) in [6.45, 7) is 0.0452. The normalized spacial score (nSPS) is 11.1. The number of rotatable bonds is 8. The largest absolute Gasteiger partial charge is 0.497 e. The number of sulfonamides is 1. The molecule has 0 bridgehead atoms. The van der Waals surface area contributed by atoms with E-state index < -0.39 is 16.0 Å². The van der Waals surface area contributed by atoms with E-state index in [0.717, 1.165) is 0 Å². The van der Waals surface area contributed by atoms with Crippen LogP contribution in [-0.2, 0) is 14.8 Å². The molecule has 8 heteroatoms. The van der Waals surface area contributed by atoms with Gasteiger partial charge in [-0.3, -0.25) is 9.10 Å². The molecule has 0 spiro atoms. The van der Waals surface area contributed by atoms with Crippen LogP contribution >= 0.6 is 11.6 Å². The Morgan fingerprint density at radius 2 is 1.72 bits per heavy atom. The van der Waals surface area contributed by atoms with Gasteiger partial charge in [-0.15, -0.1) is 0 Å². The van der Waals surface area contributed by atoms with Crippen LogP contribution in [0, 0.1) is 0 Å². The van der Waals surface area contributed by atoms with Crippen molar-refractivity contribution in [2.75, 3.05) is 18.0 Å². The lowest BCUT2D eigenvalue weighted by Gasteiger charge is -2.24. The number of halogens is 1. The summed E-state index contributed by atoms with van der Waals surface area (Å²) in [5.41, 5.74) is 0.432. The summed E-state index contributed by atoms with van der Waals surface area (Å²) < 4.78 is 32.2. The minimum absolute atomic E-state index is 0.0452. The number of carbonyl (C=O) groups is 1. The lowest BCUT2D eigenvalue weighted by atomic mass is 10.2. The molecule has 0 unspecified atom stereocenters. The van der Waals surface area contributed by atoms with Gasteiger partial charge in [0.15, 0.2) is 0 Å². The van der Waals surface area contributed by atoms with Crippen molar-refractivity contribution in [3.8, 4) is 5.75 Å². The summed E-state index contributed by atoms with van der Waals surface area (Å²) in [4.78, 5) is 10.8. The number of methoxy groups -OCH3 is 1. The zero-order valence-corrected chi connectivity index (χ0v) is 15.1. The van der Waals surface area contributed by atoms with Crippen LogP contribution in [0.25, 0.3) is 0 Å². The molecule has 0 fully saturated rings. The van der Waals surface area contributed by atoms with Gasteiger partial charge in [0, 0.05) is 18.0 Å². The molecule has 0 aliphatic heterocycles. The minimum Gasteiger partial charge on any atom is -0.497 e. The van der Waals surface area contributed by atoms with Crippen LogP contribution in [0.2, 0.25) is 5.02 Å². The van der Waals surface area contributed by atoms with Crippen molar-refractivity contribution in [3.05, 3.63) is 53.6 Å². The standard InChI is InChI=1S/C17H18ClNO5S/c1-24-15-8-6-14(7-9-15)19(12-2-3-17(20)21)25(22,23)16-10-4-13(18)5-11-16/h4-11H,2-3,12H2,1H3,(H,20,21). The first-order valence-electron chi connectivity index (χ1n) is 7.49. The smallest absolute Gasteiger partial charge is 0.303 e. The minimum atomic E-state index is -3.85. The summed E-state index contributed by atoms with van der Waals surface area (Å²) in [6.07, 6.45) is 0.0664. The van der Waals surface area contributed by atoms with Gasteiger partial charge in [-0.1, -0.05) is 11.6 Å².